The number of benzene rings is 2. The van der Waals surface area contributed by atoms with Gasteiger partial charge >= 0.3 is 0 Å². The molecule has 4 nitrogen and oxygen atoms in total. The number of alkyl halides is 2. The molecule has 1 heterocycles. The summed E-state index contributed by atoms with van der Waals surface area (Å²) in [6.07, 6.45) is -1.17. The standard InChI is InChI=1S/C21H17F4IN2O2/c1-28-17-14(20(19(28)30)4-6-21(24,25)7-5-20)9-12(10-16(17)23)27-18(29)13-3-2-11(26)8-15(13)22/h2-3,8-10H,4-7H2,1H3,(H,27,29). The van der Waals surface area contributed by atoms with Gasteiger partial charge in [-0.15, -0.1) is 0 Å². The van der Waals surface area contributed by atoms with Crippen molar-refractivity contribution in [3.8, 4) is 0 Å². The first kappa shape index (κ1) is 21.1. The first-order valence-electron chi connectivity index (χ1n) is 9.30. The summed E-state index contributed by atoms with van der Waals surface area (Å²) in [6.45, 7) is 0. The van der Waals surface area contributed by atoms with Crippen LogP contribution in [0.1, 0.15) is 41.6 Å². The third-order valence-electron chi connectivity index (χ3n) is 5.90. The summed E-state index contributed by atoms with van der Waals surface area (Å²) in [5, 5.41) is 2.46. The topological polar surface area (TPSA) is 49.4 Å². The van der Waals surface area contributed by atoms with Gasteiger partial charge in [0.15, 0.2) is 0 Å². The minimum Gasteiger partial charge on any atom is -0.322 e. The highest BCUT2D eigenvalue weighted by molar-refractivity contribution is 14.1. The lowest BCUT2D eigenvalue weighted by Gasteiger charge is -2.36. The van der Waals surface area contributed by atoms with Gasteiger partial charge in [0.05, 0.1) is 16.7 Å². The van der Waals surface area contributed by atoms with Gasteiger partial charge in [0.1, 0.15) is 11.6 Å². The molecule has 30 heavy (non-hydrogen) atoms. The molecule has 1 spiro atoms. The third kappa shape index (κ3) is 3.36. The van der Waals surface area contributed by atoms with Crippen molar-refractivity contribution in [2.45, 2.75) is 37.0 Å². The van der Waals surface area contributed by atoms with E-state index in [0.29, 0.717) is 3.57 Å². The van der Waals surface area contributed by atoms with Crippen LogP contribution in [-0.4, -0.2) is 24.8 Å². The number of amides is 2. The molecule has 1 aliphatic carbocycles. The molecule has 1 aliphatic heterocycles. The van der Waals surface area contributed by atoms with Crippen LogP contribution in [0, 0.1) is 15.2 Å². The van der Waals surface area contributed by atoms with Gasteiger partial charge in [-0.25, -0.2) is 17.6 Å². The second-order valence-electron chi connectivity index (χ2n) is 7.73. The maximum Gasteiger partial charge on any atom is 0.258 e. The Morgan fingerprint density at radius 2 is 1.73 bits per heavy atom. The maximum absolute atomic E-state index is 14.9. The fraction of sp³-hybridized carbons (Fsp3) is 0.333. The molecule has 2 amide bonds. The van der Waals surface area contributed by atoms with Crippen molar-refractivity contribution < 1.29 is 27.2 Å². The zero-order chi connectivity index (χ0) is 21.8. The van der Waals surface area contributed by atoms with Crippen LogP contribution in [0.15, 0.2) is 30.3 Å². The van der Waals surface area contributed by atoms with Gasteiger partial charge in [-0.1, -0.05) is 0 Å². The van der Waals surface area contributed by atoms with E-state index in [1.807, 2.05) is 22.6 Å². The van der Waals surface area contributed by atoms with E-state index in [0.717, 1.165) is 11.0 Å². The van der Waals surface area contributed by atoms with Gasteiger partial charge in [-0.05, 0) is 71.3 Å². The highest BCUT2D eigenvalue weighted by atomic mass is 127. The fourth-order valence-electron chi connectivity index (χ4n) is 4.31. The van der Waals surface area contributed by atoms with Crippen molar-refractivity contribution in [3.05, 3.63) is 56.7 Å². The Kier molecular flexibility index (Phi) is 5.06. The summed E-state index contributed by atoms with van der Waals surface area (Å²) in [5.41, 5.74) is -1.11. The van der Waals surface area contributed by atoms with Gasteiger partial charge in [0, 0.05) is 29.1 Å². The highest BCUT2D eigenvalue weighted by Gasteiger charge is 2.55. The predicted molar refractivity (Wildman–Crippen MR) is 112 cm³/mol. The number of fused-ring (bicyclic) bond motifs is 2. The number of hydrogen-bond acceptors (Lipinski definition) is 2. The predicted octanol–water partition coefficient (Wildman–Crippen LogP) is 5.25. The van der Waals surface area contributed by atoms with Crippen LogP contribution in [0.4, 0.5) is 28.9 Å². The number of anilines is 2. The number of rotatable bonds is 2. The average Bonchev–Trinajstić information content (AvgIpc) is 2.86. The van der Waals surface area contributed by atoms with Crippen molar-refractivity contribution in [2.24, 2.45) is 0 Å². The molecule has 4 rings (SSSR count). The Hall–Kier alpha value is -2.17. The second kappa shape index (κ2) is 7.21. The third-order valence-corrected chi connectivity index (χ3v) is 6.57. The lowest BCUT2D eigenvalue weighted by molar-refractivity contribution is -0.127. The SMILES string of the molecule is CN1C(=O)C2(CCC(F)(F)CC2)c2cc(NC(=O)c3ccc(I)cc3F)cc(F)c21. The summed E-state index contributed by atoms with van der Waals surface area (Å²) in [7, 11) is 1.41. The number of hydrogen-bond donors (Lipinski definition) is 1. The zero-order valence-electron chi connectivity index (χ0n) is 15.9. The van der Waals surface area contributed by atoms with Crippen molar-refractivity contribution in [3.63, 3.8) is 0 Å². The van der Waals surface area contributed by atoms with Crippen LogP contribution >= 0.6 is 22.6 Å². The van der Waals surface area contributed by atoms with Gasteiger partial charge < -0.3 is 10.2 Å². The van der Waals surface area contributed by atoms with Crippen molar-refractivity contribution in [1.82, 2.24) is 0 Å². The molecule has 1 fully saturated rings. The first-order valence-corrected chi connectivity index (χ1v) is 10.4. The number of carbonyl (C=O) groups is 2. The number of carbonyl (C=O) groups excluding carboxylic acids is 2. The minimum absolute atomic E-state index is 0.0312. The van der Waals surface area contributed by atoms with E-state index in [1.54, 1.807) is 6.07 Å². The number of nitrogens with one attached hydrogen (secondary N) is 1. The van der Waals surface area contributed by atoms with Gasteiger partial charge in [0.25, 0.3) is 5.91 Å². The Morgan fingerprint density at radius 1 is 1.07 bits per heavy atom. The average molecular weight is 532 g/mol. The normalized spacial score (nSPS) is 19.1. The van der Waals surface area contributed by atoms with Crippen LogP contribution in [0.3, 0.4) is 0 Å². The molecule has 158 valence electrons. The Balaban J connectivity index is 1.71. The van der Waals surface area contributed by atoms with Crippen molar-refractivity contribution in [2.75, 3.05) is 17.3 Å². The van der Waals surface area contributed by atoms with E-state index in [4.69, 9.17) is 0 Å². The van der Waals surface area contributed by atoms with E-state index in [9.17, 15) is 27.2 Å². The van der Waals surface area contributed by atoms with Crippen LogP contribution in [-0.2, 0) is 10.2 Å². The summed E-state index contributed by atoms with van der Waals surface area (Å²) in [6, 6.07) is 6.56. The van der Waals surface area contributed by atoms with Crippen LogP contribution in [0.25, 0.3) is 0 Å². The zero-order valence-corrected chi connectivity index (χ0v) is 18.0. The molecule has 0 radical (unpaired) electrons. The summed E-state index contributed by atoms with van der Waals surface area (Å²) < 4.78 is 57.1. The molecular formula is C21H17F4IN2O2. The van der Waals surface area contributed by atoms with Crippen LogP contribution < -0.4 is 10.2 Å². The van der Waals surface area contributed by atoms with Crippen molar-refractivity contribution >= 4 is 45.8 Å². The lowest BCUT2D eigenvalue weighted by Crippen LogP contribution is -2.44. The molecular weight excluding hydrogens is 515 g/mol. The molecule has 1 saturated carbocycles. The smallest absolute Gasteiger partial charge is 0.258 e. The molecule has 0 unspecified atom stereocenters. The molecule has 2 aliphatic rings. The van der Waals surface area contributed by atoms with Crippen LogP contribution in [0.5, 0.6) is 0 Å². The number of likely N-dealkylation sites (N-methyl/N-ethyl adjacent to an activating group) is 1. The van der Waals surface area contributed by atoms with E-state index >= 15 is 0 Å². The maximum atomic E-state index is 14.9. The second-order valence-corrected chi connectivity index (χ2v) is 8.98. The Morgan fingerprint density at radius 3 is 2.37 bits per heavy atom. The van der Waals surface area contributed by atoms with E-state index < -0.39 is 47.6 Å². The Bertz CT molecular complexity index is 1060. The largest absolute Gasteiger partial charge is 0.322 e. The molecule has 0 bridgehead atoms. The molecule has 0 saturated heterocycles. The fourth-order valence-corrected chi connectivity index (χ4v) is 4.77. The summed E-state index contributed by atoms with van der Waals surface area (Å²) >= 11 is 1.91. The molecule has 0 aromatic heterocycles. The molecule has 9 heteroatoms. The Labute approximate surface area is 183 Å². The van der Waals surface area contributed by atoms with Gasteiger partial charge in [-0.2, -0.15) is 0 Å². The number of nitrogens with zero attached hydrogens (tertiary/aromatic N) is 1. The van der Waals surface area contributed by atoms with Gasteiger partial charge in [0.2, 0.25) is 11.8 Å². The highest BCUT2D eigenvalue weighted by Crippen LogP contribution is 2.53. The van der Waals surface area contributed by atoms with Gasteiger partial charge in [-0.3, -0.25) is 9.59 Å². The molecule has 2 aromatic carbocycles. The minimum atomic E-state index is -2.86. The molecule has 1 N–H and O–H groups in total. The lowest BCUT2D eigenvalue weighted by atomic mass is 9.69. The quantitative estimate of drug-likeness (QED) is 0.425. The summed E-state index contributed by atoms with van der Waals surface area (Å²) in [4.78, 5) is 26.5. The molecule has 2 aromatic rings. The first-order chi connectivity index (χ1) is 14.0. The monoisotopic (exact) mass is 532 g/mol. The summed E-state index contributed by atoms with van der Waals surface area (Å²) in [5.74, 6) is -5.54. The van der Waals surface area contributed by atoms with E-state index in [2.05, 4.69) is 5.32 Å². The number of halogens is 5. The van der Waals surface area contributed by atoms with E-state index in [-0.39, 0.29) is 35.3 Å². The van der Waals surface area contributed by atoms with Crippen LogP contribution in [0.2, 0.25) is 0 Å². The molecule has 0 atom stereocenters. The van der Waals surface area contributed by atoms with E-state index in [1.165, 1.54) is 25.2 Å². The van der Waals surface area contributed by atoms with Crippen molar-refractivity contribution in [1.29, 1.82) is 0 Å².